The lowest BCUT2D eigenvalue weighted by Gasteiger charge is -2.42. The molecule has 0 aliphatic carbocycles. The maximum absolute atomic E-state index is 4.01. The van der Waals surface area contributed by atoms with E-state index in [0.29, 0.717) is 0 Å². The molecule has 0 aliphatic heterocycles. The van der Waals surface area contributed by atoms with Gasteiger partial charge in [0.15, 0.2) is 0 Å². The van der Waals surface area contributed by atoms with Gasteiger partial charge in [-0.15, -0.1) is 6.58 Å². The summed E-state index contributed by atoms with van der Waals surface area (Å²) < 4.78 is 0. The number of hydrogen-bond donors (Lipinski definition) is 0. The van der Waals surface area contributed by atoms with Crippen LogP contribution >= 0.6 is 0 Å². The van der Waals surface area contributed by atoms with Crippen LogP contribution in [0.15, 0.2) is 145 Å². The molecule has 0 bridgehead atoms. The van der Waals surface area contributed by atoms with Crippen molar-refractivity contribution in [1.29, 1.82) is 0 Å². The van der Waals surface area contributed by atoms with Gasteiger partial charge < -0.3 is 0 Å². The number of allylic oxidation sites excluding steroid dienone is 2. The fourth-order valence-corrected chi connectivity index (χ4v) is 17.5. The molecule has 4 rings (SSSR count). The van der Waals surface area contributed by atoms with Crippen LogP contribution in [0.2, 0.25) is 13.1 Å². The van der Waals surface area contributed by atoms with Crippen LogP contribution < -0.4 is 20.7 Å². The van der Waals surface area contributed by atoms with E-state index < -0.39 is 16.1 Å². The Morgan fingerprint density at radius 2 is 0.824 bits per heavy atom. The van der Waals surface area contributed by atoms with Gasteiger partial charge in [0, 0.05) is 0 Å². The minimum Gasteiger partial charge on any atom is -0.103 e. The molecule has 0 atom stereocenters. The molecule has 0 heterocycles. The molecule has 0 N–H and O–H groups in total. The summed E-state index contributed by atoms with van der Waals surface area (Å²) in [6.07, 6.45) is 6.65. The van der Waals surface area contributed by atoms with E-state index in [4.69, 9.17) is 0 Å². The minimum absolute atomic E-state index is 0.992. The summed E-state index contributed by atoms with van der Waals surface area (Å²) in [5, 5.41) is 5.88. The average molecular weight is 475 g/mol. The molecule has 34 heavy (non-hydrogen) atoms. The van der Waals surface area contributed by atoms with Crippen LogP contribution in [0, 0.1) is 0 Å². The van der Waals surface area contributed by atoms with Crippen LogP contribution in [0.5, 0.6) is 0 Å². The number of rotatable bonds is 9. The third kappa shape index (κ3) is 4.57. The van der Waals surface area contributed by atoms with Crippen LogP contribution in [0.25, 0.3) is 0 Å². The van der Waals surface area contributed by atoms with E-state index in [2.05, 4.69) is 147 Å². The lowest BCUT2D eigenvalue weighted by molar-refractivity contribution is 1.05. The average Bonchev–Trinajstić information content (AvgIpc) is 2.92. The Bertz CT molecular complexity index is 1040. The van der Waals surface area contributed by atoms with Crippen molar-refractivity contribution in [2.45, 2.75) is 25.9 Å². The molecular weight excluding hydrogens is 441 g/mol. The molecule has 0 aromatic heterocycles. The zero-order valence-electron chi connectivity index (χ0n) is 20.3. The smallest absolute Gasteiger partial charge is 0.103 e. The van der Waals surface area contributed by atoms with Gasteiger partial charge >= 0.3 is 0 Å². The van der Waals surface area contributed by atoms with Gasteiger partial charge in [-0.2, -0.15) is 0 Å². The highest BCUT2D eigenvalue weighted by Crippen LogP contribution is 2.27. The molecule has 0 spiro atoms. The molecule has 4 aromatic carbocycles. The van der Waals surface area contributed by atoms with Crippen molar-refractivity contribution in [3.8, 4) is 0 Å². The fourth-order valence-electron chi connectivity index (χ4n) is 5.30. The first-order valence-electron chi connectivity index (χ1n) is 12.2. The molecule has 4 aromatic rings. The second kappa shape index (κ2) is 10.8. The molecule has 0 nitrogen and oxygen atoms in total. The number of benzene rings is 4. The molecule has 0 fully saturated rings. The molecule has 170 valence electrons. The standard InChI is InChI=1S/C32H34Si2/c1-4-5-10-27-32(33(2,28-19-11-6-12-20-28)29-21-13-7-14-22-29)34(3,30-23-15-8-16-24-30)31-25-17-9-18-26-31/h4,6-9,11-27H,1,5,10H2,2-3H3. The van der Waals surface area contributed by atoms with Gasteiger partial charge in [-0.3, -0.25) is 0 Å². The maximum atomic E-state index is 4.01. The van der Waals surface area contributed by atoms with Gasteiger partial charge in [-0.05, 0) is 12.8 Å². The van der Waals surface area contributed by atoms with E-state index in [9.17, 15) is 0 Å². The third-order valence-corrected chi connectivity index (χ3v) is 18.7. The van der Waals surface area contributed by atoms with Crippen LogP contribution in [-0.2, 0) is 0 Å². The van der Waals surface area contributed by atoms with E-state index in [-0.39, 0.29) is 0 Å². The SMILES string of the molecule is C=CCCC=C([Si](C)(c1ccccc1)c1ccccc1)[Si](C)(c1ccccc1)c1ccccc1. The third-order valence-electron chi connectivity index (χ3n) is 7.20. The zero-order valence-corrected chi connectivity index (χ0v) is 22.3. The molecular formula is C32H34Si2. The van der Waals surface area contributed by atoms with Crippen molar-refractivity contribution in [1.82, 2.24) is 0 Å². The summed E-state index contributed by atoms with van der Waals surface area (Å²) in [7, 11) is -4.59. The molecule has 0 saturated heterocycles. The first-order chi connectivity index (χ1) is 16.6. The monoisotopic (exact) mass is 474 g/mol. The predicted octanol–water partition coefficient (Wildman–Crippen LogP) is 5.74. The first kappa shape index (κ1) is 23.9. The number of unbranched alkanes of at least 4 members (excludes halogenated alkanes) is 1. The fraction of sp³-hybridized carbons (Fsp3) is 0.125. The quantitative estimate of drug-likeness (QED) is 0.165. The summed E-state index contributed by atoms with van der Waals surface area (Å²) in [6.45, 7) is 9.14. The molecule has 0 amide bonds. The topological polar surface area (TPSA) is 0 Å². The van der Waals surface area contributed by atoms with Gasteiger partial charge in [-0.25, -0.2) is 0 Å². The van der Waals surface area contributed by atoms with E-state index in [1.165, 1.54) is 20.7 Å². The summed E-state index contributed by atoms with van der Waals surface area (Å²) >= 11 is 0. The van der Waals surface area contributed by atoms with Crippen LogP contribution in [0.1, 0.15) is 12.8 Å². The lowest BCUT2D eigenvalue weighted by atomic mass is 10.3. The van der Waals surface area contributed by atoms with Crippen molar-refractivity contribution in [2.24, 2.45) is 0 Å². The highest BCUT2D eigenvalue weighted by atomic mass is 28.4. The molecule has 0 unspecified atom stereocenters. The minimum atomic E-state index is -2.29. The van der Waals surface area contributed by atoms with Crippen molar-refractivity contribution < 1.29 is 0 Å². The Hall–Kier alpha value is -3.21. The Morgan fingerprint density at radius 3 is 1.09 bits per heavy atom. The van der Waals surface area contributed by atoms with Crippen molar-refractivity contribution in [2.75, 3.05) is 0 Å². The Morgan fingerprint density at radius 1 is 0.529 bits per heavy atom. The predicted molar refractivity (Wildman–Crippen MR) is 155 cm³/mol. The highest BCUT2D eigenvalue weighted by Gasteiger charge is 2.47. The second-order valence-electron chi connectivity index (χ2n) is 9.20. The summed E-state index contributed by atoms with van der Waals surface area (Å²) in [6, 6.07) is 45.0. The Kier molecular flexibility index (Phi) is 7.61. The van der Waals surface area contributed by atoms with Crippen LogP contribution in [0.4, 0.5) is 0 Å². The van der Waals surface area contributed by atoms with E-state index in [1.54, 1.807) is 4.82 Å². The van der Waals surface area contributed by atoms with Crippen molar-refractivity contribution in [3.05, 3.63) is 145 Å². The van der Waals surface area contributed by atoms with Crippen molar-refractivity contribution >= 4 is 36.9 Å². The molecule has 0 radical (unpaired) electrons. The molecule has 0 aliphatic rings. The van der Waals surface area contributed by atoms with Gasteiger partial charge in [0.05, 0.1) is 0 Å². The van der Waals surface area contributed by atoms with Gasteiger partial charge in [0.2, 0.25) is 0 Å². The van der Waals surface area contributed by atoms with Crippen LogP contribution in [-0.4, -0.2) is 16.1 Å². The largest absolute Gasteiger partial charge is 0.138 e. The number of hydrogen-bond acceptors (Lipinski definition) is 0. The summed E-state index contributed by atoms with van der Waals surface area (Å²) in [5.74, 6) is 0. The lowest BCUT2D eigenvalue weighted by Crippen LogP contribution is -2.70. The highest BCUT2D eigenvalue weighted by molar-refractivity contribution is 7.24. The first-order valence-corrected chi connectivity index (χ1v) is 17.2. The molecule has 0 saturated carbocycles. The zero-order chi connectivity index (χ0) is 23.9. The Balaban J connectivity index is 2.08. The molecule has 2 heteroatoms. The maximum Gasteiger partial charge on any atom is 0.138 e. The van der Waals surface area contributed by atoms with E-state index >= 15 is 0 Å². The normalized spacial score (nSPS) is 11.6. The van der Waals surface area contributed by atoms with Crippen LogP contribution in [0.3, 0.4) is 0 Å². The van der Waals surface area contributed by atoms with Gasteiger partial charge in [0.25, 0.3) is 0 Å². The van der Waals surface area contributed by atoms with E-state index in [0.717, 1.165) is 12.8 Å². The summed E-state index contributed by atoms with van der Waals surface area (Å²) in [5.41, 5.74) is 0. The second-order valence-corrected chi connectivity index (χ2v) is 17.6. The van der Waals surface area contributed by atoms with Gasteiger partial charge in [-0.1, -0.05) is 172 Å². The van der Waals surface area contributed by atoms with E-state index in [1.807, 2.05) is 6.08 Å². The Labute approximate surface area is 207 Å². The summed E-state index contributed by atoms with van der Waals surface area (Å²) in [4.78, 5) is 1.66. The van der Waals surface area contributed by atoms with Gasteiger partial charge in [0.1, 0.15) is 16.1 Å². The van der Waals surface area contributed by atoms with Crippen molar-refractivity contribution in [3.63, 3.8) is 0 Å².